The molecule has 2 aromatic rings. The van der Waals surface area contributed by atoms with Crippen molar-refractivity contribution < 1.29 is 9.84 Å². The van der Waals surface area contributed by atoms with Crippen molar-refractivity contribution >= 4 is 5.57 Å². The Kier molecular flexibility index (Phi) is 10.6. The zero-order valence-electron chi connectivity index (χ0n) is 22.5. The zero-order valence-corrected chi connectivity index (χ0v) is 22.5. The van der Waals surface area contributed by atoms with Gasteiger partial charge in [-0.25, -0.2) is 4.98 Å². The lowest BCUT2D eigenvalue weighted by molar-refractivity contribution is 0.0981. The van der Waals surface area contributed by atoms with E-state index in [1.54, 1.807) is 0 Å². The number of rotatable bonds is 11. The van der Waals surface area contributed by atoms with Crippen LogP contribution >= 0.6 is 0 Å². The van der Waals surface area contributed by atoms with Gasteiger partial charge in [0.2, 0.25) is 0 Å². The highest BCUT2D eigenvalue weighted by Crippen LogP contribution is 2.35. The maximum absolute atomic E-state index is 9.23. The molecule has 0 radical (unpaired) electrons. The van der Waals surface area contributed by atoms with Gasteiger partial charge in [-0.1, -0.05) is 57.4 Å². The lowest BCUT2D eigenvalue weighted by Gasteiger charge is -2.31. The first kappa shape index (κ1) is 27.2. The van der Waals surface area contributed by atoms with Crippen LogP contribution in [0.4, 0.5) is 0 Å². The monoisotopic (exact) mass is 479 g/mol. The number of aliphatic hydroxyl groups excluding tert-OH is 1. The van der Waals surface area contributed by atoms with E-state index >= 15 is 0 Å². The van der Waals surface area contributed by atoms with E-state index in [1.807, 2.05) is 12.1 Å². The number of allylic oxidation sites excluding steroid dienone is 4. The van der Waals surface area contributed by atoms with Crippen LogP contribution in [0.15, 0.2) is 42.0 Å². The number of imidazole rings is 1. The summed E-state index contributed by atoms with van der Waals surface area (Å²) in [5.74, 6) is 1.89. The van der Waals surface area contributed by atoms with Crippen LogP contribution < -0.4 is 4.74 Å². The minimum atomic E-state index is -0.296. The van der Waals surface area contributed by atoms with Gasteiger partial charge < -0.3 is 14.4 Å². The van der Waals surface area contributed by atoms with Gasteiger partial charge in [0.1, 0.15) is 11.6 Å². The lowest BCUT2D eigenvalue weighted by atomic mass is 10.00. The smallest absolute Gasteiger partial charge is 0.186 e. The molecule has 1 aliphatic heterocycles. The normalized spacial score (nSPS) is 18.1. The number of ether oxygens (including phenoxy) is 1. The molecule has 0 bridgehead atoms. The minimum absolute atomic E-state index is 0.296. The Morgan fingerprint density at radius 1 is 1.20 bits per heavy atom. The Morgan fingerprint density at radius 2 is 2.03 bits per heavy atom. The van der Waals surface area contributed by atoms with Gasteiger partial charge >= 0.3 is 0 Å². The number of aliphatic hydroxyl groups is 1. The van der Waals surface area contributed by atoms with Crippen molar-refractivity contribution in [2.45, 2.75) is 98.7 Å². The van der Waals surface area contributed by atoms with Gasteiger partial charge in [0.25, 0.3) is 0 Å². The summed E-state index contributed by atoms with van der Waals surface area (Å²) < 4.78 is 7.86. The van der Waals surface area contributed by atoms with E-state index in [2.05, 4.69) is 68.4 Å². The number of aromatic nitrogens is 2. The molecule has 0 aliphatic carbocycles. The Labute approximate surface area is 212 Å². The molecule has 1 fully saturated rings. The molecule has 0 spiro atoms. The number of hydrogen-bond acceptors (Lipinski definition) is 4. The summed E-state index contributed by atoms with van der Waals surface area (Å²) in [4.78, 5) is 7.81. The molecule has 1 saturated heterocycles. The fourth-order valence-electron chi connectivity index (χ4n) is 5.49. The molecule has 1 N–H and O–H groups in total. The average Bonchev–Trinajstić information content (AvgIpc) is 3.01. The second-order valence-electron chi connectivity index (χ2n) is 9.50. The number of likely N-dealkylation sites (tertiary alicyclic amines) is 1. The van der Waals surface area contributed by atoms with E-state index < -0.39 is 0 Å². The molecule has 1 aliphatic rings. The highest BCUT2D eigenvalue weighted by Gasteiger charge is 2.26. The summed E-state index contributed by atoms with van der Waals surface area (Å²) >= 11 is 0. The summed E-state index contributed by atoms with van der Waals surface area (Å²) in [5, 5.41) is 9.23. The van der Waals surface area contributed by atoms with E-state index in [-0.39, 0.29) is 6.79 Å². The van der Waals surface area contributed by atoms with Crippen LogP contribution in [0.3, 0.4) is 0 Å². The molecule has 5 nitrogen and oxygen atoms in total. The highest BCUT2D eigenvalue weighted by molar-refractivity contribution is 5.67. The first-order valence-corrected chi connectivity index (χ1v) is 13.6. The van der Waals surface area contributed by atoms with Crippen molar-refractivity contribution in [1.82, 2.24) is 14.5 Å². The van der Waals surface area contributed by atoms with Crippen LogP contribution in [0.25, 0.3) is 5.57 Å². The second kappa shape index (κ2) is 13.6. The van der Waals surface area contributed by atoms with E-state index in [0.29, 0.717) is 6.04 Å². The standard InChI is InChI=1S/C30H45N3O2/c1-6-14-24(8-3)27(15-7-2)30-31-23(5)29(33(30)9-4)21-32-19-12-10-11-18-28(32)25-16-13-17-26(20-25)35-22-34/h6,13-14,16-17,20,28,34H,7-12,15,18-19,21-22H2,1-5H3/b14-6-,27-24+. The van der Waals surface area contributed by atoms with Crippen molar-refractivity contribution in [2.24, 2.45) is 0 Å². The van der Waals surface area contributed by atoms with Gasteiger partial charge in [-0.2, -0.15) is 0 Å². The molecule has 2 heterocycles. The molecule has 1 unspecified atom stereocenters. The molecular formula is C30H45N3O2. The van der Waals surface area contributed by atoms with Crippen LogP contribution in [0.1, 0.15) is 101 Å². The van der Waals surface area contributed by atoms with Gasteiger partial charge in [0.15, 0.2) is 6.79 Å². The minimum Gasteiger partial charge on any atom is -0.468 e. The molecule has 0 amide bonds. The van der Waals surface area contributed by atoms with E-state index in [1.165, 1.54) is 41.7 Å². The summed E-state index contributed by atoms with van der Waals surface area (Å²) in [6.45, 7) is 13.6. The molecule has 5 heteroatoms. The Bertz CT molecular complexity index is 1010. The van der Waals surface area contributed by atoms with Gasteiger partial charge in [-0.05, 0) is 81.8 Å². The lowest BCUT2D eigenvalue weighted by Crippen LogP contribution is -2.29. The SMILES string of the molecule is C/C=C\C(CC)=C(/CCC)c1nc(C)c(CN2CCCCCC2c2cccc(OCO)c2)n1CC. The number of aryl methyl sites for hydroxylation is 1. The van der Waals surface area contributed by atoms with Crippen molar-refractivity contribution in [1.29, 1.82) is 0 Å². The third-order valence-corrected chi connectivity index (χ3v) is 7.19. The van der Waals surface area contributed by atoms with Crippen molar-refractivity contribution in [3.8, 4) is 5.75 Å². The quantitative estimate of drug-likeness (QED) is 0.273. The maximum atomic E-state index is 9.23. The maximum Gasteiger partial charge on any atom is 0.186 e. The van der Waals surface area contributed by atoms with Gasteiger partial charge in [0.05, 0.1) is 11.4 Å². The number of hydrogen-bond donors (Lipinski definition) is 1. The van der Waals surface area contributed by atoms with E-state index in [9.17, 15) is 5.11 Å². The largest absolute Gasteiger partial charge is 0.468 e. The zero-order chi connectivity index (χ0) is 25.2. The Hall–Kier alpha value is -2.37. The van der Waals surface area contributed by atoms with Crippen LogP contribution in [-0.2, 0) is 13.1 Å². The van der Waals surface area contributed by atoms with E-state index in [0.717, 1.165) is 62.6 Å². The average molecular weight is 480 g/mol. The molecule has 3 rings (SSSR count). The predicted octanol–water partition coefficient (Wildman–Crippen LogP) is 7.20. The van der Waals surface area contributed by atoms with Crippen LogP contribution in [0, 0.1) is 6.92 Å². The molecule has 35 heavy (non-hydrogen) atoms. The van der Waals surface area contributed by atoms with Gasteiger partial charge in [0, 0.05) is 19.1 Å². The second-order valence-corrected chi connectivity index (χ2v) is 9.50. The molecule has 1 aromatic carbocycles. The van der Waals surface area contributed by atoms with E-state index in [4.69, 9.17) is 9.72 Å². The molecule has 192 valence electrons. The van der Waals surface area contributed by atoms with Crippen LogP contribution in [-0.4, -0.2) is 32.9 Å². The Morgan fingerprint density at radius 3 is 2.71 bits per heavy atom. The van der Waals surface area contributed by atoms with Crippen LogP contribution in [0.5, 0.6) is 5.75 Å². The molecule has 0 saturated carbocycles. The van der Waals surface area contributed by atoms with Crippen molar-refractivity contribution in [3.05, 3.63) is 64.8 Å². The topological polar surface area (TPSA) is 50.5 Å². The number of nitrogens with zero attached hydrogens (tertiary/aromatic N) is 3. The van der Waals surface area contributed by atoms with Gasteiger partial charge in [-0.15, -0.1) is 0 Å². The predicted molar refractivity (Wildman–Crippen MR) is 145 cm³/mol. The first-order chi connectivity index (χ1) is 17.1. The van der Waals surface area contributed by atoms with Crippen molar-refractivity contribution in [2.75, 3.05) is 13.3 Å². The highest BCUT2D eigenvalue weighted by atomic mass is 16.6. The first-order valence-electron chi connectivity index (χ1n) is 13.6. The number of benzene rings is 1. The summed E-state index contributed by atoms with van der Waals surface area (Å²) in [7, 11) is 0. The fraction of sp³-hybridized carbons (Fsp3) is 0.567. The van der Waals surface area contributed by atoms with Crippen molar-refractivity contribution in [3.63, 3.8) is 0 Å². The third kappa shape index (κ3) is 6.65. The Balaban J connectivity index is 2.01. The van der Waals surface area contributed by atoms with Crippen LogP contribution in [0.2, 0.25) is 0 Å². The molecular weight excluding hydrogens is 434 g/mol. The summed E-state index contributed by atoms with van der Waals surface area (Å²) in [5.41, 5.74) is 6.54. The fourth-order valence-corrected chi connectivity index (χ4v) is 5.49. The van der Waals surface area contributed by atoms with Gasteiger partial charge in [-0.3, -0.25) is 4.90 Å². The molecule has 1 aromatic heterocycles. The molecule has 1 atom stereocenters. The third-order valence-electron chi connectivity index (χ3n) is 7.19. The summed E-state index contributed by atoms with van der Waals surface area (Å²) in [6.07, 6.45) is 12.5. The summed E-state index contributed by atoms with van der Waals surface area (Å²) in [6, 6.07) is 8.60.